The number of halogens is 1. The van der Waals surface area contributed by atoms with Crippen LogP contribution in [0.25, 0.3) is 6.08 Å². The van der Waals surface area contributed by atoms with Gasteiger partial charge in [0.1, 0.15) is 0 Å². The molecule has 1 aliphatic rings. The van der Waals surface area contributed by atoms with E-state index in [1.165, 1.54) is 13.2 Å². The summed E-state index contributed by atoms with van der Waals surface area (Å²) in [5, 5.41) is 0.650. The molecule has 0 bridgehead atoms. The van der Waals surface area contributed by atoms with Crippen LogP contribution >= 0.6 is 11.6 Å². The van der Waals surface area contributed by atoms with E-state index in [1.54, 1.807) is 23.1 Å². The van der Waals surface area contributed by atoms with Crippen molar-refractivity contribution in [1.82, 2.24) is 4.90 Å². The zero-order chi connectivity index (χ0) is 17.4. The summed E-state index contributed by atoms with van der Waals surface area (Å²) in [5.74, 6) is -0.480. The minimum Gasteiger partial charge on any atom is -0.469 e. The van der Waals surface area contributed by atoms with Crippen LogP contribution in [0.15, 0.2) is 30.3 Å². The highest BCUT2D eigenvalue weighted by Crippen LogP contribution is 2.15. The van der Waals surface area contributed by atoms with Gasteiger partial charge in [0.15, 0.2) is 0 Å². The van der Waals surface area contributed by atoms with Gasteiger partial charge in [-0.15, -0.1) is 0 Å². The van der Waals surface area contributed by atoms with Crippen LogP contribution in [0.2, 0.25) is 5.02 Å². The first-order valence-electron chi connectivity index (χ1n) is 7.99. The minimum atomic E-state index is -0.332. The molecule has 1 aromatic rings. The number of benzene rings is 1. The first-order chi connectivity index (χ1) is 11.6. The molecule has 6 heteroatoms. The fraction of sp³-hybridized carbons (Fsp3) is 0.444. The van der Waals surface area contributed by atoms with Crippen molar-refractivity contribution >= 4 is 29.6 Å². The smallest absolute Gasteiger partial charge is 0.307 e. The summed E-state index contributed by atoms with van der Waals surface area (Å²) in [6.45, 7) is 1.53. The van der Waals surface area contributed by atoms with Crippen molar-refractivity contribution < 1.29 is 19.1 Å². The van der Waals surface area contributed by atoms with Crippen molar-refractivity contribution in [2.24, 2.45) is 0 Å². The molecule has 1 saturated heterocycles. The SMILES string of the molecule is COC(=O)CCN(CC1CCCO1)C(=O)/C=C/c1ccc(Cl)cc1. The van der Waals surface area contributed by atoms with E-state index in [-0.39, 0.29) is 24.4 Å². The molecule has 5 nitrogen and oxygen atoms in total. The average Bonchev–Trinajstić information content (AvgIpc) is 3.10. The normalized spacial score (nSPS) is 17.2. The molecule has 0 spiro atoms. The maximum Gasteiger partial charge on any atom is 0.307 e. The topological polar surface area (TPSA) is 55.8 Å². The summed E-state index contributed by atoms with van der Waals surface area (Å²) < 4.78 is 10.2. The molecule has 0 aliphatic carbocycles. The lowest BCUT2D eigenvalue weighted by Gasteiger charge is -2.24. The monoisotopic (exact) mass is 351 g/mol. The van der Waals surface area contributed by atoms with Gasteiger partial charge in [0, 0.05) is 30.8 Å². The Morgan fingerprint density at radius 3 is 2.75 bits per heavy atom. The van der Waals surface area contributed by atoms with Crippen LogP contribution < -0.4 is 0 Å². The van der Waals surface area contributed by atoms with Crippen molar-refractivity contribution in [3.8, 4) is 0 Å². The maximum atomic E-state index is 12.5. The zero-order valence-electron chi connectivity index (χ0n) is 13.7. The quantitative estimate of drug-likeness (QED) is 0.560. The van der Waals surface area contributed by atoms with Crippen LogP contribution in [-0.2, 0) is 19.1 Å². The summed E-state index contributed by atoms with van der Waals surface area (Å²) in [6.07, 6.45) is 5.39. The van der Waals surface area contributed by atoms with Gasteiger partial charge in [-0.3, -0.25) is 9.59 Å². The Morgan fingerprint density at radius 2 is 2.12 bits per heavy atom. The standard InChI is InChI=1S/C18H22ClNO4/c1-23-18(22)10-11-20(13-16-3-2-12-24-16)17(21)9-6-14-4-7-15(19)8-5-14/h4-9,16H,2-3,10-13H2,1H3/b9-6+. The summed E-state index contributed by atoms with van der Waals surface area (Å²) in [7, 11) is 1.34. The van der Waals surface area contributed by atoms with Crippen molar-refractivity contribution in [2.45, 2.75) is 25.4 Å². The molecule has 130 valence electrons. The van der Waals surface area contributed by atoms with Gasteiger partial charge in [0.2, 0.25) is 5.91 Å². The molecule has 1 unspecified atom stereocenters. The van der Waals surface area contributed by atoms with Gasteiger partial charge in [-0.1, -0.05) is 23.7 Å². The largest absolute Gasteiger partial charge is 0.469 e. The molecule has 1 fully saturated rings. The van der Waals surface area contributed by atoms with E-state index in [0.717, 1.165) is 25.0 Å². The number of amides is 1. The third-order valence-corrected chi connectivity index (χ3v) is 4.11. The van der Waals surface area contributed by atoms with E-state index in [2.05, 4.69) is 4.74 Å². The van der Waals surface area contributed by atoms with Gasteiger partial charge < -0.3 is 14.4 Å². The second-order valence-corrected chi connectivity index (χ2v) is 6.07. The molecule has 0 N–H and O–H groups in total. The van der Waals surface area contributed by atoms with E-state index >= 15 is 0 Å². The lowest BCUT2D eigenvalue weighted by Crippen LogP contribution is -2.37. The number of carbonyl (C=O) groups excluding carboxylic acids is 2. The number of rotatable bonds is 7. The van der Waals surface area contributed by atoms with E-state index in [9.17, 15) is 9.59 Å². The molecular weight excluding hydrogens is 330 g/mol. The van der Waals surface area contributed by atoms with E-state index < -0.39 is 0 Å². The van der Waals surface area contributed by atoms with Crippen molar-refractivity contribution in [2.75, 3.05) is 26.8 Å². The Labute approximate surface area is 147 Å². The number of ether oxygens (including phenoxy) is 2. The molecule has 0 saturated carbocycles. The highest BCUT2D eigenvalue weighted by atomic mass is 35.5. The molecule has 1 atom stereocenters. The van der Waals surface area contributed by atoms with E-state index in [4.69, 9.17) is 16.3 Å². The highest BCUT2D eigenvalue weighted by molar-refractivity contribution is 6.30. The Morgan fingerprint density at radius 1 is 1.38 bits per heavy atom. The van der Waals surface area contributed by atoms with E-state index in [1.807, 2.05) is 12.1 Å². The fourth-order valence-electron chi connectivity index (χ4n) is 2.50. The Kier molecular flexibility index (Phi) is 7.28. The van der Waals surface area contributed by atoms with Gasteiger partial charge >= 0.3 is 5.97 Å². The van der Waals surface area contributed by atoms with Crippen LogP contribution in [0.3, 0.4) is 0 Å². The van der Waals surface area contributed by atoms with Crippen LogP contribution in [0.5, 0.6) is 0 Å². The molecule has 1 amide bonds. The molecule has 24 heavy (non-hydrogen) atoms. The predicted molar refractivity (Wildman–Crippen MR) is 92.7 cm³/mol. The van der Waals surface area contributed by atoms with Crippen LogP contribution in [-0.4, -0.2) is 49.7 Å². The summed E-state index contributed by atoms with van der Waals surface area (Å²) in [5.41, 5.74) is 0.887. The number of methoxy groups -OCH3 is 1. The van der Waals surface area contributed by atoms with Gasteiger partial charge in [-0.05, 0) is 36.6 Å². The van der Waals surface area contributed by atoms with Crippen LogP contribution in [0.4, 0.5) is 0 Å². The Balaban J connectivity index is 1.98. The summed E-state index contributed by atoms with van der Waals surface area (Å²) in [6, 6.07) is 7.22. The van der Waals surface area contributed by atoms with Gasteiger partial charge in [0.25, 0.3) is 0 Å². The molecule has 2 rings (SSSR count). The number of hydrogen-bond donors (Lipinski definition) is 0. The summed E-state index contributed by atoms with van der Waals surface area (Å²) in [4.78, 5) is 25.5. The second kappa shape index (κ2) is 9.45. The van der Waals surface area contributed by atoms with E-state index in [0.29, 0.717) is 18.1 Å². The van der Waals surface area contributed by atoms with Crippen molar-refractivity contribution in [3.63, 3.8) is 0 Å². The van der Waals surface area contributed by atoms with Gasteiger partial charge in [-0.25, -0.2) is 0 Å². The zero-order valence-corrected chi connectivity index (χ0v) is 14.5. The fourth-order valence-corrected chi connectivity index (χ4v) is 2.63. The third kappa shape index (κ3) is 5.98. The second-order valence-electron chi connectivity index (χ2n) is 5.63. The van der Waals surface area contributed by atoms with Gasteiger partial charge in [-0.2, -0.15) is 0 Å². The lowest BCUT2D eigenvalue weighted by atomic mass is 10.2. The first kappa shape index (κ1) is 18.5. The Bertz CT molecular complexity index is 579. The number of hydrogen-bond acceptors (Lipinski definition) is 4. The molecule has 1 heterocycles. The average molecular weight is 352 g/mol. The van der Waals surface area contributed by atoms with Crippen molar-refractivity contribution in [3.05, 3.63) is 40.9 Å². The predicted octanol–water partition coefficient (Wildman–Crippen LogP) is 2.92. The molecule has 0 radical (unpaired) electrons. The minimum absolute atomic E-state index is 0.0375. The lowest BCUT2D eigenvalue weighted by molar-refractivity contribution is -0.141. The maximum absolute atomic E-state index is 12.5. The summed E-state index contributed by atoms with van der Waals surface area (Å²) >= 11 is 5.85. The van der Waals surface area contributed by atoms with Gasteiger partial charge in [0.05, 0.1) is 19.6 Å². The highest BCUT2D eigenvalue weighted by Gasteiger charge is 2.22. The molecule has 1 aliphatic heterocycles. The van der Waals surface area contributed by atoms with Crippen molar-refractivity contribution in [1.29, 1.82) is 0 Å². The molecule has 0 aromatic heterocycles. The number of esters is 1. The number of nitrogens with zero attached hydrogens (tertiary/aromatic N) is 1. The number of carbonyl (C=O) groups is 2. The Hall–Kier alpha value is -1.85. The molecular formula is C18H22ClNO4. The van der Waals surface area contributed by atoms with Crippen LogP contribution in [0.1, 0.15) is 24.8 Å². The molecule has 1 aromatic carbocycles. The third-order valence-electron chi connectivity index (χ3n) is 3.86. The van der Waals surface area contributed by atoms with Crippen LogP contribution in [0, 0.1) is 0 Å². The first-order valence-corrected chi connectivity index (χ1v) is 8.37.